The van der Waals surface area contributed by atoms with Gasteiger partial charge in [-0.15, -0.1) is 11.8 Å². The van der Waals surface area contributed by atoms with E-state index in [1.165, 1.54) is 90.1 Å². The van der Waals surface area contributed by atoms with E-state index in [1.807, 2.05) is 6.92 Å². The topological polar surface area (TPSA) is 3.24 Å². The van der Waals surface area contributed by atoms with Crippen molar-refractivity contribution in [3.05, 3.63) is 0 Å². The van der Waals surface area contributed by atoms with Gasteiger partial charge >= 0.3 is 0 Å². The maximum Gasteiger partial charge on any atom is 0.0203 e. The van der Waals surface area contributed by atoms with Crippen molar-refractivity contribution in [1.82, 2.24) is 4.90 Å². The predicted molar refractivity (Wildman–Crippen MR) is 99.3 cm³/mol. The van der Waals surface area contributed by atoms with E-state index in [1.54, 1.807) is 0 Å². The molecule has 0 amide bonds. The lowest BCUT2D eigenvalue weighted by Crippen LogP contribution is -2.40. The van der Waals surface area contributed by atoms with Crippen molar-refractivity contribution in [2.45, 2.75) is 84.0 Å². The molecule has 0 atom stereocenters. The summed E-state index contributed by atoms with van der Waals surface area (Å²) in [5.41, 5.74) is 0.750. The van der Waals surface area contributed by atoms with Crippen molar-refractivity contribution in [3.63, 3.8) is 0 Å². The fourth-order valence-corrected chi connectivity index (χ4v) is 5.44. The van der Waals surface area contributed by atoms with Crippen LogP contribution in [0.5, 0.6) is 0 Å². The third-order valence-electron chi connectivity index (χ3n) is 7.39. The standard InChI is InChI=1S/C22H37N/c1-3-4-19-5-7-20(8-6-19)9-10-21-11-13-22(14-12-21)15-17-23(2)18-16-22/h19-21H,5-18H2,1-2H3. The Morgan fingerprint density at radius 1 is 0.826 bits per heavy atom. The third-order valence-corrected chi connectivity index (χ3v) is 7.39. The monoisotopic (exact) mass is 315 g/mol. The molecule has 0 unspecified atom stereocenters. The Bertz CT molecular complexity index is 403. The molecule has 3 rings (SSSR count). The minimum Gasteiger partial charge on any atom is -0.306 e. The first kappa shape index (κ1) is 17.3. The van der Waals surface area contributed by atoms with E-state index in [-0.39, 0.29) is 0 Å². The molecule has 1 nitrogen and oxygen atoms in total. The van der Waals surface area contributed by atoms with Crippen molar-refractivity contribution >= 4 is 0 Å². The Balaban J connectivity index is 1.34. The molecule has 23 heavy (non-hydrogen) atoms. The Labute approximate surface area is 144 Å². The average molecular weight is 316 g/mol. The highest BCUT2D eigenvalue weighted by molar-refractivity contribution is 5.02. The summed E-state index contributed by atoms with van der Waals surface area (Å²) in [5, 5.41) is 0. The van der Waals surface area contributed by atoms with Gasteiger partial charge < -0.3 is 4.90 Å². The average Bonchev–Trinajstić information content (AvgIpc) is 2.59. The molecule has 0 aromatic heterocycles. The summed E-state index contributed by atoms with van der Waals surface area (Å²) in [6.45, 7) is 4.68. The normalized spacial score (nSPS) is 32.4. The Morgan fingerprint density at radius 2 is 1.39 bits per heavy atom. The van der Waals surface area contributed by atoms with E-state index >= 15 is 0 Å². The van der Waals surface area contributed by atoms with Gasteiger partial charge in [-0.2, -0.15) is 0 Å². The maximum absolute atomic E-state index is 3.39. The fourth-order valence-electron chi connectivity index (χ4n) is 5.44. The number of nitrogens with zero attached hydrogens (tertiary/aromatic N) is 1. The summed E-state index contributed by atoms with van der Waals surface area (Å²) in [4.78, 5) is 2.52. The summed E-state index contributed by atoms with van der Waals surface area (Å²) in [7, 11) is 2.29. The molecule has 0 aromatic carbocycles. The summed E-state index contributed by atoms with van der Waals surface area (Å²) in [6.07, 6.45) is 17.7. The van der Waals surface area contributed by atoms with Crippen LogP contribution in [0.25, 0.3) is 0 Å². The summed E-state index contributed by atoms with van der Waals surface area (Å²) in [5.74, 6) is 9.29. The highest BCUT2D eigenvalue weighted by atomic mass is 15.1. The third kappa shape index (κ3) is 4.76. The predicted octanol–water partition coefficient (Wildman–Crippen LogP) is 5.50. The van der Waals surface area contributed by atoms with Crippen molar-refractivity contribution in [1.29, 1.82) is 0 Å². The van der Waals surface area contributed by atoms with E-state index in [0.29, 0.717) is 0 Å². The highest BCUT2D eigenvalue weighted by Gasteiger charge is 2.37. The lowest BCUT2D eigenvalue weighted by molar-refractivity contribution is 0.0591. The zero-order chi connectivity index (χ0) is 16.1. The molecule has 0 N–H and O–H groups in total. The molecule has 1 spiro atoms. The molecule has 130 valence electrons. The largest absolute Gasteiger partial charge is 0.306 e. The molecule has 3 fully saturated rings. The molecule has 1 saturated heterocycles. The van der Waals surface area contributed by atoms with Crippen LogP contribution in [0.2, 0.25) is 0 Å². The lowest BCUT2D eigenvalue weighted by atomic mass is 9.64. The van der Waals surface area contributed by atoms with Gasteiger partial charge in [-0.1, -0.05) is 12.8 Å². The van der Waals surface area contributed by atoms with E-state index in [9.17, 15) is 0 Å². The zero-order valence-electron chi connectivity index (χ0n) is 15.6. The number of rotatable bonds is 3. The molecule has 1 heterocycles. The lowest BCUT2D eigenvalue weighted by Gasteiger charge is -2.45. The molecule has 2 saturated carbocycles. The Kier molecular flexibility index (Phi) is 6.08. The number of hydrogen-bond donors (Lipinski definition) is 0. The molecule has 0 radical (unpaired) electrons. The molecular formula is C22H37N. The summed E-state index contributed by atoms with van der Waals surface area (Å²) < 4.78 is 0. The fraction of sp³-hybridized carbons (Fsp3) is 0.909. The van der Waals surface area contributed by atoms with Gasteiger partial charge in [0, 0.05) is 5.92 Å². The SMILES string of the molecule is CC#CC1CCC(CCC2CCC3(CC2)CCN(C)CC3)CC1. The maximum atomic E-state index is 3.39. The van der Waals surface area contributed by atoms with Gasteiger partial charge in [-0.05, 0) is 109 Å². The van der Waals surface area contributed by atoms with Crippen LogP contribution < -0.4 is 0 Å². The Hall–Kier alpha value is -0.480. The highest BCUT2D eigenvalue weighted by Crippen LogP contribution is 2.47. The van der Waals surface area contributed by atoms with Crippen molar-refractivity contribution < 1.29 is 0 Å². The molecule has 3 aliphatic rings. The van der Waals surface area contributed by atoms with Crippen LogP contribution in [0.4, 0.5) is 0 Å². The van der Waals surface area contributed by atoms with Gasteiger partial charge in [0.15, 0.2) is 0 Å². The van der Waals surface area contributed by atoms with Crippen LogP contribution in [0, 0.1) is 35.0 Å². The van der Waals surface area contributed by atoms with Crippen LogP contribution in [-0.2, 0) is 0 Å². The minimum absolute atomic E-state index is 0.718. The Morgan fingerprint density at radius 3 is 1.96 bits per heavy atom. The molecule has 0 aromatic rings. The van der Waals surface area contributed by atoms with E-state index in [2.05, 4.69) is 23.8 Å². The van der Waals surface area contributed by atoms with Gasteiger partial charge in [0.25, 0.3) is 0 Å². The van der Waals surface area contributed by atoms with Crippen LogP contribution in [0.15, 0.2) is 0 Å². The second-order valence-corrected chi connectivity index (χ2v) is 8.94. The number of likely N-dealkylation sites (tertiary alicyclic amines) is 1. The van der Waals surface area contributed by atoms with Gasteiger partial charge in [-0.3, -0.25) is 0 Å². The minimum atomic E-state index is 0.718. The first-order chi connectivity index (χ1) is 11.2. The molecule has 1 aliphatic heterocycles. The smallest absolute Gasteiger partial charge is 0.0203 e. The first-order valence-corrected chi connectivity index (χ1v) is 10.3. The number of hydrogen-bond acceptors (Lipinski definition) is 1. The van der Waals surface area contributed by atoms with E-state index < -0.39 is 0 Å². The summed E-state index contributed by atoms with van der Waals surface area (Å²) in [6, 6.07) is 0. The summed E-state index contributed by atoms with van der Waals surface area (Å²) >= 11 is 0. The van der Waals surface area contributed by atoms with E-state index in [0.717, 1.165) is 23.2 Å². The number of piperidine rings is 1. The molecular weight excluding hydrogens is 278 g/mol. The van der Waals surface area contributed by atoms with Gasteiger partial charge in [0.05, 0.1) is 0 Å². The second kappa shape index (κ2) is 8.06. The van der Waals surface area contributed by atoms with Crippen molar-refractivity contribution in [2.24, 2.45) is 23.2 Å². The zero-order valence-corrected chi connectivity index (χ0v) is 15.6. The second-order valence-electron chi connectivity index (χ2n) is 8.94. The van der Waals surface area contributed by atoms with Crippen LogP contribution in [0.1, 0.15) is 84.0 Å². The van der Waals surface area contributed by atoms with Crippen LogP contribution >= 0.6 is 0 Å². The van der Waals surface area contributed by atoms with Gasteiger partial charge in [-0.25, -0.2) is 0 Å². The first-order valence-electron chi connectivity index (χ1n) is 10.3. The van der Waals surface area contributed by atoms with E-state index in [4.69, 9.17) is 0 Å². The van der Waals surface area contributed by atoms with Crippen LogP contribution in [0.3, 0.4) is 0 Å². The molecule has 0 bridgehead atoms. The van der Waals surface area contributed by atoms with Gasteiger partial charge in [0.1, 0.15) is 0 Å². The molecule has 2 aliphatic carbocycles. The quantitative estimate of drug-likeness (QED) is 0.622. The van der Waals surface area contributed by atoms with Crippen LogP contribution in [-0.4, -0.2) is 25.0 Å². The van der Waals surface area contributed by atoms with Gasteiger partial charge in [0.2, 0.25) is 0 Å². The molecule has 1 heteroatoms. The van der Waals surface area contributed by atoms with Crippen molar-refractivity contribution in [2.75, 3.05) is 20.1 Å². The van der Waals surface area contributed by atoms with Crippen molar-refractivity contribution in [3.8, 4) is 11.8 Å².